The third-order valence-electron chi connectivity index (χ3n) is 3.00. The maximum Gasteiger partial charge on any atom is 0.158 e. The van der Waals surface area contributed by atoms with Crippen LogP contribution in [-0.4, -0.2) is 55.7 Å². The predicted molar refractivity (Wildman–Crippen MR) is 87.7 cm³/mol. The summed E-state index contributed by atoms with van der Waals surface area (Å²) in [5.41, 5.74) is 0. The highest BCUT2D eigenvalue weighted by molar-refractivity contribution is 5.47. The van der Waals surface area contributed by atoms with Crippen LogP contribution in [0.1, 0.15) is 26.1 Å². The van der Waals surface area contributed by atoms with Crippen LogP contribution in [0.3, 0.4) is 0 Å². The Bertz CT molecular complexity index is 413. The molecule has 1 atom stereocenters. The summed E-state index contributed by atoms with van der Waals surface area (Å²) in [4.78, 5) is 11.1. The summed E-state index contributed by atoms with van der Waals surface area (Å²) in [6.45, 7) is 5.85. The van der Waals surface area contributed by atoms with Crippen LogP contribution in [0.25, 0.3) is 0 Å². The third kappa shape index (κ3) is 6.73. The second-order valence-electron chi connectivity index (χ2n) is 5.97. The van der Waals surface area contributed by atoms with E-state index in [1.807, 2.05) is 13.1 Å². The maximum atomic E-state index is 5.13. The van der Waals surface area contributed by atoms with Crippen molar-refractivity contribution in [1.29, 1.82) is 0 Å². The largest absolute Gasteiger partial charge is 0.377 e. The van der Waals surface area contributed by atoms with Crippen LogP contribution in [0.15, 0.2) is 6.07 Å². The normalized spacial score (nSPS) is 12.8. The second-order valence-corrected chi connectivity index (χ2v) is 5.97. The summed E-state index contributed by atoms with van der Waals surface area (Å²) in [5.74, 6) is 2.95. The summed E-state index contributed by atoms with van der Waals surface area (Å²) < 4.78 is 5.13. The van der Waals surface area contributed by atoms with Gasteiger partial charge in [0.25, 0.3) is 0 Å². The van der Waals surface area contributed by atoms with E-state index < -0.39 is 0 Å². The number of hydrogen-bond donors (Lipinski definition) is 2. The van der Waals surface area contributed by atoms with Crippen LogP contribution < -0.4 is 10.6 Å². The molecule has 1 aromatic heterocycles. The van der Waals surface area contributed by atoms with Crippen molar-refractivity contribution in [1.82, 2.24) is 14.9 Å². The van der Waals surface area contributed by atoms with Crippen molar-refractivity contribution in [2.24, 2.45) is 5.92 Å². The van der Waals surface area contributed by atoms with Crippen LogP contribution in [0.4, 0.5) is 11.6 Å². The number of ether oxygens (including phenoxy) is 1. The minimum absolute atomic E-state index is 0.356. The summed E-state index contributed by atoms with van der Waals surface area (Å²) in [6.07, 6.45) is 1.09. The Hall–Kier alpha value is -1.40. The molecule has 0 aromatic carbocycles. The van der Waals surface area contributed by atoms with Gasteiger partial charge in [-0.3, -0.25) is 0 Å². The van der Waals surface area contributed by atoms with Gasteiger partial charge in [0.05, 0.1) is 0 Å². The van der Waals surface area contributed by atoms with E-state index in [1.165, 1.54) is 0 Å². The van der Waals surface area contributed by atoms with Gasteiger partial charge < -0.3 is 20.3 Å². The molecule has 0 amide bonds. The summed E-state index contributed by atoms with van der Waals surface area (Å²) in [7, 11) is 7.68. The molecule has 0 fully saturated rings. The highest BCUT2D eigenvalue weighted by atomic mass is 16.5. The van der Waals surface area contributed by atoms with Crippen molar-refractivity contribution < 1.29 is 4.74 Å². The molecule has 6 heteroatoms. The second kappa shape index (κ2) is 8.79. The molecule has 0 saturated heterocycles. The summed E-state index contributed by atoms with van der Waals surface area (Å²) in [6, 6.07) is 2.29. The number of anilines is 2. The number of rotatable bonds is 9. The van der Waals surface area contributed by atoms with Gasteiger partial charge in [-0.1, -0.05) is 13.8 Å². The van der Waals surface area contributed by atoms with Gasteiger partial charge in [0.15, 0.2) is 5.82 Å². The first-order valence-electron chi connectivity index (χ1n) is 7.40. The van der Waals surface area contributed by atoms with E-state index in [0.29, 0.717) is 24.4 Å². The van der Waals surface area contributed by atoms with Crippen molar-refractivity contribution in [2.75, 3.05) is 45.4 Å². The molecule has 0 radical (unpaired) electrons. The lowest BCUT2D eigenvalue weighted by Gasteiger charge is -2.24. The smallest absolute Gasteiger partial charge is 0.158 e. The Morgan fingerprint density at radius 2 is 1.90 bits per heavy atom. The highest BCUT2D eigenvalue weighted by Gasteiger charge is 2.14. The van der Waals surface area contributed by atoms with E-state index in [9.17, 15) is 0 Å². The van der Waals surface area contributed by atoms with Gasteiger partial charge in [0, 0.05) is 32.8 Å². The molecule has 1 rings (SSSR count). The SMILES string of the molecule is CNc1cc(NC(CC(C)C)CN(C)C)nc(COC)n1. The summed E-state index contributed by atoms with van der Waals surface area (Å²) >= 11 is 0. The molecule has 0 aliphatic carbocycles. The first-order chi connectivity index (χ1) is 9.94. The Kier molecular flexibility index (Phi) is 7.39. The molecular weight excluding hydrogens is 266 g/mol. The standard InChI is InChI=1S/C15H29N5O/c1-11(2)7-12(9-20(4)5)17-14-8-13(16-3)18-15(19-14)10-21-6/h8,11-12H,7,9-10H2,1-6H3,(H2,16,17,18,19). The Balaban J connectivity index is 2.87. The van der Waals surface area contributed by atoms with Crippen LogP contribution in [0, 0.1) is 5.92 Å². The number of methoxy groups -OCH3 is 1. The summed E-state index contributed by atoms with van der Waals surface area (Å²) in [5, 5.41) is 6.59. The zero-order valence-electron chi connectivity index (χ0n) is 14.1. The molecule has 1 aromatic rings. The lowest BCUT2D eigenvalue weighted by Crippen LogP contribution is -2.34. The first-order valence-corrected chi connectivity index (χ1v) is 7.40. The molecule has 1 heterocycles. The van der Waals surface area contributed by atoms with Gasteiger partial charge in [0.1, 0.15) is 18.2 Å². The number of nitrogens with zero attached hydrogens (tertiary/aromatic N) is 3. The minimum atomic E-state index is 0.356. The zero-order valence-corrected chi connectivity index (χ0v) is 14.1. The van der Waals surface area contributed by atoms with Gasteiger partial charge in [-0.05, 0) is 26.4 Å². The Morgan fingerprint density at radius 3 is 2.43 bits per heavy atom. The molecule has 0 spiro atoms. The fourth-order valence-electron chi connectivity index (χ4n) is 2.29. The maximum absolute atomic E-state index is 5.13. The lowest BCUT2D eigenvalue weighted by atomic mass is 10.0. The molecule has 1 unspecified atom stereocenters. The third-order valence-corrected chi connectivity index (χ3v) is 3.00. The molecule has 0 bridgehead atoms. The van der Waals surface area contributed by atoms with Crippen LogP contribution in [0.5, 0.6) is 0 Å². The topological polar surface area (TPSA) is 62.3 Å². The van der Waals surface area contributed by atoms with Crippen LogP contribution in [-0.2, 0) is 11.3 Å². The van der Waals surface area contributed by atoms with Crippen molar-refractivity contribution in [2.45, 2.75) is 32.9 Å². The fraction of sp³-hybridized carbons (Fsp3) is 0.733. The molecule has 0 saturated carbocycles. The highest BCUT2D eigenvalue weighted by Crippen LogP contribution is 2.15. The average Bonchev–Trinajstić information content (AvgIpc) is 2.37. The molecular formula is C15H29N5O. The van der Waals surface area contributed by atoms with E-state index in [1.54, 1.807) is 7.11 Å². The molecule has 120 valence electrons. The first kappa shape index (κ1) is 17.7. The number of nitrogens with one attached hydrogen (secondary N) is 2. The molecule has 0 aliphatic rings. The Morgan fingerprint density at radius 1 is 1.24 bits per heavy atom. The van der Waals surface area contributed by atoms with Crippen molar-refractivity contribution in [3.05, 3.63) is 11.9 Å². The van der Waals surface area contributed by atoms with Gasteiger partial charge in [0.2, 0.25) is 0 Å². The molecule has 2 N–H and O–H groups in total. The van der Waals surface area contributed by atoms with E-state index in [0.717, 1.165) is 24.6 Å². The predicted octanol–water partition coefficient (Wildman–Crippen LogP) is 2.05. The molecule has 0 aliphatic heterocycles. The molecule has 21 heavy (non-hydrogen) atoms. The minimum Gasteiger partial charge on any atom is -0.377 e. The lowest BCUT2D eigenvalue weighted by molar-refractivity contribution is 0.178. The van der Waals surface area contributed by atoms with E-state index >= 15 is 0 Å². The van der Waals surface area contributed by atoms with Gasteiger partial charge in [-0.25, -0.2) is 9.97 Å². The van der Waals surface area contributed by atoms with Gasteiger partial charge >= 0.3 is 0 Å². The van der Waals surface area contributed by atoms with E-state index in [2.05, 4.69) is 53.4 Å². The quantitative estimate of drug-likeness (QED) is 0.727. The Labute approximate surface area is 128 Å². The number of hydrogen-bond acceptors (Lipinski definition) is 6. The van der Waals surface area contributed by atoms with Crippen LogP contribution in [0.2, 0.25) is 0 Å². The van der Waals surface area contributed by atoms with Crippen molar-refractivity contribution >= 4 is 11.6 Å². The van der Waals surface area contributed by atoms with Crippen molar-refractivity contribution in [3.8, 4) is 0 Å². The average molecular weight is 295 g/mol. The van der Waals surface area contributed by atoms with Gasteiger partial charge in [-0.2, -0.15) is 0 Å². The monoisotopic (exact) mass is 295 g/mol. The number of aromatic nitrogens is 2. The molecule has 6 nitrogen and oxygen atoms in total. The number of likely N-dealkylation sites (N-methyl/N-ethyl adjacent to an activating group) is 1. The van der Waals surface area contributed by atoms with Crippen molar-refractivity contribution in [3.63, 3.8) is 0 Å². The van der Waals surface area contributed by atoms with Gasteiger partial charge in [-0.15, -0.1) is 0 Å². The zero-order chi connectivity index (χ0) is 15.8. The fourth-order valence-corrected chi connectivity index (χ4v) is 2.29. The van der Waals surface area contributed by atoms with Crippen LogP contribution >= 0.6 is 0 Å². The van der Waals surface area contributed by atoms with E-state index in [-0.39, 0.29) is 0 Å². The van der Waals surface area contributed by atoms with E-state index in [4.69, 9.17) is 4.74 Å².